The SMILES string of the molecule is COc1ccc(CN2C(=O)[C@]3(SC2=S)[C@H](c2ccc(Cl)cc2)CN(C)[C@]32C(=O)Nc3ccccc32)cc1. The van der Waals surface area contributed by atoms with Crippen LogP contribution >= 0.6 is 35.6 Å². The highest BCUT2D eigenvalue weighted by Crippen LogP contribution is 2.65. The van der Waals surface area contributed by atoms with E-state index in [2.05, 4.69) is 5.32 Å². The Morgan fingerprint density at radius 3 is 2.49 bits per heavy atom. The van der Waals surface area contributed by atoms with Crippen LogP contribution in [0.2, 0.25) is 5.02 Å². The topological polar surface area (TPSA) is 61.9 Å². The van der Waals surface area contributed by atoms with Gasteiger partial charge in [0.15, 0.2) is 5.54 Å². The molecule has 2 saturated heterocycles. The zero-order valence-electron chi connectivity index (χ0n) is 20.2. The lowest BCUT2D eigenvalue weighted by atomic mass is 9.72. The molecule has 3 aliphatic heterocycles. The second-order valence-corrected chi connectivity index (χ2v) is 11.9. The number of likely N-dealkylation sites (N-methyl/N-ethyl adjacent to an activating group) is 1. The maximum atomic E-state index is 14.7. The van der Waals surface area contributed by atoms with E-state index in [1.807, 2.05) is 84.7 Å². The highest BCUT2D eigenvalue weighted by Gasteiger charge is 2.77. The number of likely N-dealkylation sites (tertiary alicyclic amines) is 1. The molecule has 0 unspecified atom stereocenters. The molecule has 0 aliphatic carbocycles. The smallest absolute Gasteiger partial charge is 0.251 e. The lowest BCUT2D eigenvalue weighted by molar-refractivity contribution is -0.138. The van der Waals surface area contributed by atoms with Crippen LogP contribution in [-0.4, -0.2) is 51.4 Å². The first-order chi connectivity index (χ1) is 17.8. The molecule has 2 fully saturated rings. The number of fused-ring (bicyclic) bond motifs is 3. The van der Waals surface area contributed by atoms with Crippen molar-refractivity contribution in [2.75, 3.05) is 26.0 Å². The lowest BCUT2D eigenvalue weighted by Gasteiger charge is -2.41. The highest BCUT2D eigenvalue weighted by molar-refractivity contribution is 8.25. The molecular weight excluding hydrogens is 526 g/mol. The second-order valence-electron chi connectivity index (χ2n) is 9.54. The number of ether oxygens (including phenoxy) is 1. The molecule has 6 nitrogen and oxygen atoms in total. The largest absolute Gasteiger partial charge is 0.497 e. The van der Waals surface area contributed by atoms with Gasteiger partial charge in [-0.05, 0) is 48.5 Å². The van der Waals surface area contributed by atoms with Gasteiger partial charge in [-0.1, -0.05) is 78.0 Å². The van der Waals surface area contributed by atoms with E-state index in [4.69, 9.17) is 28.6 Å². The van der Waals surface area contributed by atoms with Crippen molar-refractivity contribution in [1.82, 2.24) is 9.80 Å². The van der Waals surface area contributed by atoms with E-state index in [-0.39, 0.29) is 17.7 Å². The van der Waals surface area contributed by atoms with Crippen LogP contribution < -0.4 is 10.1 Å². The van der Waals surface area contributed by atoms with E-state index < -0.39 is 10.3 Å². The maximum Gasteiger partial charge on any atom is 0.251 e. The minimum Gasteiger partial charge on any atom is -0.497 e. The number of carbonyl (C=O) groups is 2. The van der Waals surface area contributed by atoms with Crippen LogP contribution in [0.15, 0.2) is 72.8 Å². The van der Waals surface area contributed by atoms with Gasteiger partial charge in [0.05, 0.1) is 13.7 Å². The van der Waals surface area contributed by atoms with Crippen molar-refractivity contribution in [2.45, 2.75) is 22.7 Å². The number of hydrogen-bond donors (Lipinski definition) is 1. The number of thiocarbonyl (C=S) groups is 1. The first-order valence-electron chi connectivity index (χ1n) is 11.9. The fourth-order valence-corrected chi connectivity index (χ4v) is 8.38. The van der Waals surface area contributed by atoms with Crippen LogP contribution in [0.5, 0.6) is 5.75 Å². The summed E-state index contributed by atoms with van der Waals surface area (Å²) in [5.74, 6) is 0.0726. The van der Waals surface area contributed by atoms with E-state index in [9.17, 15) is 9.59 Å². The van der Waals surface area contributed by atoms with Gasteiger partial charge in [-0.3, -0.25) is 19.4 Å². The van der Waals surface area contributed by atoms with Gasteiger partial charge in [-0.15, -0.1) is 0 Å². The van der Waals surface area contributed by atoms with Gasteiger partial charge in [-0.2, -0.15) is 0 Å². The number of nitrogens with zero attached hydrogens (tertiary/aromatic N) is 2. The predicted octanol–water partition coefficient (Wildman–Crippen LogP) is 5.02. The summed E-state index contributed by atoms with van der Waals surface area (Å²) in [5.41, 5.74) is 2.17. The summed E-state index contributed by atoms with van der Waals surface area (Å²) < 4.78 is 4.55. The van der Waals surface area contributed by atoms with Gasteiger partial charge < -0.3 is 10.1 Å². The summed E-state index contributed by atoms with van der Waals surface area (Å²) >= 11 is 13.4. The zero-order valence-corrected chi connectivity index (χ0v) is 22.6. The number of methoxy groups -OCH3 is 1. The Kier molecular flexibility index (Phi) is 5.84. The number of rotatable bonds is 4. The number of halogens is 1. The minimum atomic E-state index is -1.23. The van der Waals surface area contributed by atoms with E-state index in [0.717, 1.165) is 28.1 Å². The molecule has 3 aliphatic rings. The van der Waals surface area contributed by atoms with Gasteiger partial charge in [0.2, 0.25) is 5.91 Å². The molecule has 9 heteroatoms. The Morgan fingerprint density at radius 1 is 1.08 bits per heavy atom. The Hall–Kier alpha value is -2.91. The van der Waals surface area contributed by atoms with E-state index in [1.165, 1.54) is 11.8 Å². The van der Waals surface area contributed by atoms with E-state index >= 15 is 0 Å². The number of nitrogens with one attached hydrogen (secondary N) is 1. The van der Waals surface area contributed by atoms with Crippen LogP contribution in [-0.2, 0) is 21.7 Å². The van der Waals surface area contributed by atoms with Gasteiger partial charge in [0.1, 0.15) is 14.8 Å². The molecule has 0 aromatic heterocycles. The third kappa shape index (κ3) is 3.32. The average Bonchev–Trinajstić information content (AvgIpc) is 3.45. The fraction of sp³-hybridized carbons (Fsp3) is 0.250. The number of hydrogen-bond acceptors (Lipinski definition) is 6. The first kappa shape index (κ1) is 24.4. The average molecular weight is 550 g/mol. The van der Waals surface area contributed by atoms with Gasteiger partial charge in [0.25, 0.3) is 5.91 Å². The molecule has 0 radical (unpaired) electrons. The van der Waals surface area contributed by atoms with Crippen molar-refractivity contribution < 1.29 is 14.3 Å². The Balaban J connectivity index is 1.52. The van der Waals surface area contributed by atoms with Crippen LogP contribution in [0.1, 0.15) is 22.6 Å². The van der Waals surface area contributed by atoms with Crippen LogP contribution in [0.3, 0.4) is 0 Å². The van der Waals surface area contributed by atoms with E-state index in [1.54, 1.807) is 12.0 Å². The molecule has 1 N–H and O–H groups in total. The third-order valence-corrected chi connectivity index (χ3v) is 9.95. The molecule has 0 saturated carbocycles. The summed E-state index contributed by atoms with van der Waals surface area (Å²) in [6, 6.07) is 22.8. The minimum absolute atomic E-state index is 0.158. The normalized spacial score (nSPS) is 26.8. The third-order valence-electron chi connectivity index (χ3n) is 7.75. The van der Waals surface area contributed by atoms with Crippen molar-refractivity contribution in [1.29, 1.82) is 0 Å². The highest BCUT2D eigenvalue weighted by atomic mass is 35.5. The molecule has 2 amide bonds. The predicted molar refractivity (Wildman–Crippen MR) is 150 cm³/mol. The zero-order chi connectivity index (χ0) is 25.9. The van der Waals surface area contributed by atoms with Gasteiger partial charge >= 0.3 is 0 Å². The van der Waals surface area contributed by atoms with Gasteiger partial charge in [0, 0.05) is 28.7 Å². The second kappa shape index (κ2) is 8.84. The molecule has 188 valence electrons. The van der Waals surface area contributed by atoms with Gasteiger partial charge in [-0.25, -0.2) is 0 Å². The Bertz CT molecular complexity index is 1430. The monoisotopic (exact) mass is 549 g/mol. The Labute approximate surface area is 229 Å². The molecule has 6 rings (SSSR count). The summed E-state index contributed by atoms with van der Waals surface area (Å²) in [7, 11) is 3.54. The fourth-order valence-electron chi connectivity index (χ4n) is 6.12. The molecule has 3 aromatic rings. The van der Waals surface area contributed by atoms with Crippen molar-refractivity contribution in [3.8, 4) is 5.75 Å². The van der Waals surface area contributed by atoms with Crippen molar-refractivity contribution in [3.05, 3.63) is 94.5 Å². The number of thioether (sulfide) groups is 1. The van der Waals surface area contributed by atoms with Crippen LogP contribution in [0.25, 0.3) is 0 Å². The quantitative estimate of drug-likeness (QED) is 0.461. The van der Waals surface area contributed by atoms with E-state index in [0.29, 0.717) is 22.4 Å². The van der Waals surface area contributed by atoms with Crippen LogP contribution in [0.4, 0.5) is 5.69 Å². The molecule has 3 atom stereocenters. The molecule has 3 heterocycles. The summed E-state index contributed by atoms with van der Waals surface area (Å²) in [6.45, 7) is 0.813. The Morgan fingerprint density at radius 2 is 1.78 bits per heavy atom. The van der Waals surface area contributed by atoms with Crippen molar-refractivity contribution in [3.63, 3.8) is 0 Å². The van der Waals surface area contributed by atoms with Crippen LogP contribution in [0, 0.1) is 0 Å². The summed E-state index contributed by atoms with van der Waals surface area (Å²) in [5, 5.41) is 3.68. The first-order valence-corrected chi connectivity index (χ1v) is 13.5. The number of anilines is 1. The number of amides is 2. The number of para-hydroxylation sites is 1. The maximum absolute atomic E-state index is 14.7. The molecule has 3 aromatic carbocycles. The number of benzene rings is 3. The van der Waals surface area contributed by atoms with Crippen molar-refractivity contribution >= 4 is 57.4 Å². The molecule has 37 heavy (non-hydrogen) atoms. The standard InChI is InChI=1S/C28H24ClN3O3S2/c1-31-16-22(18-9-11-19(29)12-10-18)28(27(31)21-5-3-4-6-23(21)30-24(27)33)25(34)32(26(36)37-28)15-17-7-13-20(35-2)14-8-17/h3-14,22H,15-16H2,1-2H3,(H,30,33)/t22-,27+,28+/m0/s1. The summed E-state index contributed by atoms with van der Waals surface area (Å²) in [4.78, 5) is 32.4. The lowest BCUT2D eigenvalue weighted by Crippen LogP contribution is -2.61. The molecular formula is C28H24ClN3O3S2. The molecule has 0 bridgehead atoms. The molecule has 2 spiro atoms. The van der Waals surface area contributed by atoms with Crippen molar-refractivity contribution in [2.24, 2.45) is 0 Å². The number of carbonyl (C=O) groups excluding carboxylic acids is 2. The summed E-state index contributed by atoms with van der Waals surface area (Å²) in [6.07, 6.45) is 0.